The van der Waals surface area contributed by atoms with E-state index < -0.39 is 51.8 Å². The van der Waals surface area contributed by atoms with E-state index in [4.69, 9.17) is 28.4 Å². The average molecular weight is 817 g/mol. The highest BCUT2D eigenvalue weighted by atomic mass is 31.2. The van der Waals surface area contributed by atoms with Crippen LogP contribution in [0.25, 0.3) is 0 Å². The fourth-order valence-electron chi connectivity index (χ4n) is 6.41. The molecule has 0 saturated carbocycles. The van der Waals surface area contributed by atoms with Gasteiger partial charge in [0, 0.05) is 12.8 Å². The largest absolute Gasteiger partial charge is 0.472 e. The lowest BCUT2D eigenvalue weighted by atomic mass is 10.1. The number of epoxide rings is 1. The van der Waals surface area contributed by atoms with Crippen molar-refractivity contribution in [2.45, 2.75) is 218 Å². The van der Waals surface area contributed by atoms with Gasteiger partial charge < -0.3 is 29.3 Å². The Bertz CT molecular complexity index is 1050. The molecular weight excluding hydrogens is 735 g/mol. The van der Waals surface area contributed by atoms with E-state index in [2.05, 4.69) is 38.2 Å². The number of phosphoric acid groups is 1. The normalized spacial score (nSPS) is 17.7. The SMILES string of the molecule is CCCCC/C=C\CC1OC1CCCCCCCC(=O)O[C@H](COC(=O)CCCCCCCCC/C=C\CCCCCCCC)COP(=O)(O)OC[C@@H](O)CO. The molecule has 0 spiro atoms. The first-order chi connectivity index (χ1) is 27.2. The molecule has 328 valence electrons. The van der Waals surface area contributed by atoms with E-state index in [1.165, 1.54) is 83.5 Å². The minimum atomic E-state index is -4.63. The summed E-state index contributed by atoms with van der Waals surface area (Å²) in [5.41, 5.74) is 0. The minimum Gasteiger partial charge on any atom is -0.462 e. The lowest BCUT2D eigenvalue weighted by molar-refractivity contribution is -0.161. The number of esters is 2. The summed E-state index contributed by atoms with van der Waals surface area (Å²) in [4.78, 5) is 35.1. The van der Waals surface area contributed by atoms with Gasteiger partial charge in [0.1, 0.15) is 12.7 Å². The van der Waals surface area contributed by atoms with Crippen molar-refractivity contribution in [3.63, 3.8) is 0 Å². The number of ether oxygens (including phenoxy) is 3. The molecule has 11 nitrogen and oxygen atoms in total. The number of rotatable bonds is 41. The summed E-state index contributed by atoms with van der Waals surface area (Å²) in [7, 11) is -4.63. The molecule has 0 amide bonds. The molecule has 12 heteroatoms. The molecule has 1 aliphatic rings. The van der Waals surface area contributed by atoms with E-state index in [1.807, 2.05) is 0 Å². The van der Waals surface area contributed by atoms with Crippen LogP contribution in [0.5, 0.6) is 0 Å². The fraction of sp³-hybridized carbons (Fsp3) is 0.864. The van der Waals surface area contributed by atoms with Crippen molar-refractivity contribution in [2.24, 2.45) is 0 Å². The molecule has 1 heterocycles. The van der Waals surface area contributed by atoms with Crippen LogP contribution < -0.4 is 0 Å². The van der Waals surface area contributed by atoms with Crippen molar-refractivity contribution < 1.29 is 52.5 Å². The monoisotopic (exact) mass is 817 g/mol. The van der Waals surface area contributed by atoms with Gasteiger partial charge in [-0.25, -0.2) is 4.57 Å². The Morgan fingerprint density at radius 1 is 0.625 bits per heavy atom. The zero-order chi connectivity index (χ0) is 41.0. The number of hydrogen-bond acceptors (Lipinski definition) is 10. The molecule has 3 N–H and O–H groups in total. The van der Waals surface area contributed by atoms with Crippen LogP contribution >= 0.6 is 7.82 Å². The summed E-state index contributed by atoms with van der Waals surface area (Å²) in [6, 6.07) is 0. The maximum Gasteiger partial charge on any atom is 0.472 e. The van der Waals surface area contributed by atoms with E-state index in [0.29, 0.717) is 25.0 Å². The summed E-state index contributed by atoms with van der Waals surface area (Å²) >= 11 is 0. The molecular formula is C44H81O11P. The fourth-order valence-corrected chi connectivity index (χ4v) is 7.20. The predicted octanol–water partition coefficient (Wildman–Crippen LogP) is 10.8. The van der Waals surface area contributed by atoms with Crippen molar-refractivity contribution >= 4 is 19.8 Å². The van der Waals surface area contributed by atoms with Crippen molar-refractivity contribution in [3.8, 4) is 0 Å². The standard InChI is InChI=1S/C44H81O11P/c1-3-5-7-9-11-12-13-14-15-16-17-18-19-20-21-25-29-33-43(47)51-37-40(38-53-56(49,50)52-36-39(46)35-45)54-44(48)34-30-26-22-24-28-32-42-41(55-42)31-27-23-10-8-6-4-2/h14-15,23,27,39-42,45-46H,3-13,16-22,24-26,28-38H2,1-2H3,(H,49,50)/b15-14-,27-23-/t39-,40+,41?,42?/m0/s1. The summed E-state index contributed by atoms with van der Waals surface area (Å²) in [6.45, 7) is 2.32. The van der Waals surface area contributed by atoms with Crippen LogP contribution in [0.3, 0.4) is 0 Å². The number of carbonyl (C=O) groups is 2. The molecule has 0 aromatic carbocycles. The zero-order valence-corrected chi connectivity index (χ0v) is 36.2. The molecule has 5 atom stereocenters. The van der Waals surface area contributed by atoms with Gasteiger partial charge in [0.15, 0.2) is 6.10 Å². The smallest absolute Gasteiger partial charge is 0.462 e. The van der Waals surface area contributed by atoms with Crippen LogP contribution in [0, 0.1) is 0 Å². The Labute approximate surface area is 340 Å². The zero-order valence-electron chi connectivity index (χ0n) is 35.3. The van der Waals surface area contributed by atoms with Gasteiger partial charge in [-0.2, -0.15) is 0 Å². The van der Waals surface area contributed by atoms with E-state index >= 15 is 0 Å². The van der Waals surface area contributed by atoms with Crippen molar-refractivity contribution in [1.29, 1.82) is 0 Å². The van der Waals surface area contributed by atoms with E-state index in [1.54, 1.807) is 0 Å². The highest BCUT2D eigenvalue weighted by molar-refractivity contribution is 7.47. The molecule has 0 aliphatic carbocycles. The number of allylic oxidation sites excluding steroid dienone is 3. The second kappa shape index (κ2) is 36.5. The number of phosphoric ester groups is 1. The molecule has 1 rings (SSSR count). The maximum atomic E-state index is 12.6. The Morgan fingerprint density at radius 2 is 1.11 bits per heavy atom. The van der Waals surface area contributed by atoms with Gasteiger partial charge in [0.05, 0.1) is 32.0 Å². The van der Waals surface area contributed by atoms with Crippen LogP contribution in [-0.2, 0) is 37.4 Å². The minimum absolute atomic E-state index is 0.161. The molecule has 1 saturated heterocycles. The number of unbranched alkanes of at least 4 members (excludes halogenated alkanes) is 20. The highest BCUT2D eigenvalue weighted by Crippen LogP contribution is 2.43. The Balaban J connectivity index is 2.24. The van der Waals surface area contributed by atoms with Crippen molar-refractivity contribution in [2.75, 3.05) is 26.4 Å². The maximum absolute atomic E-state index is 12.6. The van der Waals surface area contributed by atoms with Gasteiger partial charge >= 0.3 is 19.8 Å². The third kappa shape index (κ3) is 33.4. The Kier molecular flexibility index (Phi) is 34.2. The van der Waals surface area contributed by atoms with Crippen LogP contribution in [0.4, 0.5) is 0 Å². The second-order valence-electron chi connectivity index (χ2n) is 15.5. The predicted molar refractivity (Wildman–Crippen MR) is 223 cm³/mol. The van der Waals surface area contributed by atoms with Crippen LogP contribution in [-0.4, -0.2) is 77.9 Å². The average Bonchev–Trinajstić information content (AvgIpc) is 3.94. The van der Waals surface area contributed by atoms with Crippen LogP contribution in [0.15, 0.2) is 24.3 Å². The number of carbonyl (C=O) groups excluding carboxylic acids is 2. The van der Waals surface area contributed by atoms with Crippen LogP contribution in [0.1, 0.15) is 194 Å². The summed E-state index contributed by atoms with van der Waals surface area (Å²) < 4.78 is 38.5. The molecule has 1 aliphatic heterocycles. The molecule has 0 aromatic rings. The van der Waals surface area contributed by atoms with Crippen molar-refractivity contribution in [3.05, 3.63) is 24.3 Å². The van der Waals surface area contributed by atoms with Gasteiger partial charge in [0.2, 0.25) is 0 Å². The Hall–Kier alpha value is -1.59. The lowest BCUT2D eigenvalue weighted by Gasteiger charge is -2.20. The summed E-state index contributed by atoms with van der Waals surface area (Å²) in [5.74, 6) is -0.949. The third-order valence-corrected chi connectivity index (χ3v) is 11.0. The number of aliphatic hydroxyl groups is 2. The topological polar surface area (TPSA) is 161 Å². The van der Waals surface area contributed by atoms with E-state index in [-0.39, 0.29) is 19.4 Å². The molecule has 1 fully saturated rings. The second-order valence-corrected chi connectivity index (χ2v) is 16.9. The molecule has 0 bridgehead atoms. The number of aliphatic hydroxyl groups excluding tert-OH is 2. The Morgan fingerprint density at radius 3 is 1.71 bits per heavy atom. The molecule has 3 unspecified atom stereocenters. The van der Waals surface area contributed by atoms with E-state index in [0.717, 1.165) is 70.6 Å². The molecule has 0 radical (unpaired) electrons. The van der Waals surface area contributed by atoms with Crippen molar-refractivity contribution in [1.82, 2.24) is 0 Å². The van der Waals surface area contributed by atoms with Crippen LogP contribution in [0.2, 0.25) is 0 Å². The van der Waals surface area contributed by atoms with E-state index in [9.17, 15) is 24.2 Å². The van der Waals surface area contributed by atoms with Gasteiger partial charge in [-0.3, -0.25) is 18.6 Å². The molecule has 0 aromatic heterocycles. The summed E-state index contributed by atoms with van der Waals surface area (Å²) in [5, 5.41) is 18.3. The lowest BCUT2D eigenvalue weighted by Crippen LogP contribution is -2.29. The van der Waals surface area contributed by atoms with Gasteiger partial charge in [-0.1, -0.05) is 141 Å². The van der Waals surface area contributed by atoms with Gasteiger partial charge in [-0.15, -0.1) is 0 Å². The quantitative estimate of drug-likeness (QED) is 0.0177. The third-order valence-electron chi connectivity index (χ3n) is 10.0. The first-order valence-corrected chi connectivity index (χ1v) is 23.9. The highest BCUT2D eigenvalue weighted by Gasteiger charge is 2.36. The van der Waals surface area contributed by atoms with Gasteiger partial charge in [-0.05, 0) is 64.2 Å². The van der Waals surface area contributed by atoms with Gasteiger partial charge in [0.25, 0.3) is 0 Å². The number of hydrogen-bond donors (Lipinski definition) is 3. The molecule has 56 heavy (non-hydrogen) atoms. The summed E-state index contributed by atoms with van der Waals surface area (Å²) in [6.07, 6.45) is 37.3. The first kappa shape index (κ1) is 52.4. The first-order valence-electron chi connectivity index (χ1n) is 22.4.